The highest BCUT2D eigenvalue weighted by Crippen LogP contribution is 2.23. The van der Waals surface area contributed by atoms with E-state index >= 15 is 0 Å². The van der Waals surface area contributed by atoms with Gasteiger partial charge in [-0.3, -0.25) is 9.59 Å². The zero-order valence-corrected chi connectivity index (χ0v) is 15.9. The summed E-state index contributed by atoms with van der Waals surface area (Å²) in [5.41, 5.74) is 0.495. The largest absolute Gasteiger partial charge is 0.497 e. The molecule has 0 atom stereocenters. The van der Waals surface area contributed by atoms with Crippen molar-refractivity contribution < 1.29 is 28.2 Å². The SMILES string of the molecule is COC(=O)c1cc(OC)ccc1NC(=O)CCNC(=O)c1ccc(F)cc1Cl. The van der Waals surface area contributed by atoms with E-state index in [4.69, 9.17) is 21.1 Å². The van der Waals surface area contributed by atoms with Crippen LogP contribution in [0.4, 0.5) is 10.1 Å². The molecule has 0 spiro atoms. The molecule has 148 valence electrons. The number of rotatable bonds is 7. The summed E-state index contributed by atoms with van der Waals surface area (Å²) in [4.78, 5) is 36.1. The van der Waals surface area contributed by atoms with Crippen LogP contribution in [-0.2, 0) is 9.53 Å². The third-order valence-electron chi connectivity index (χ3n) is 3.72. The molecule has 0 saturated heterocycles. The summed E-state index contributed by atoms with van der Waals surface area (Å²) >= 11 is 5.82. The number of hydrogen-bond acceptors (Lipinski definition) is 5. The molecule has 0 aromatic heterocycles. The predicted octanol–water partition coefficient (Wildman–Crippen LogP) is 3.03. The van der Waals surface area contributed by atoms with Crippen molar-refractivity contribution >= 4 is 35.1 Å². The Labute approximate surface area is 165 Å². The second-order valence-electron chi connectivity index (χ2n) is 5.58. The van der Waals surface area contributed by atoms with Gasteiger partial charge in [-0.1, -0.05) is 11.6 Å². The molecular formula is C19H18ClFN2O5. The Morgan fingerprint density at radius 1 is 1.07 bits per heavy atom. The van der Waals surface area contributed by atoms with Crippen molar-refractivity contribution in [3.63, 3.8) is 0 Å². The Hall–Kier alpha value is -3.13. The van der Waals surface area contributed by atoms with Gasteiger partial charge in [0.25, 0.3) is 5.91 Å². The zero-order valence-electron chi connectivity index (χ0n) is 15.2. The number of carbonyl (C=O) groups is 3. The van der Waals surface area contributed by atoms with Gasteiger partial charge in [-0.05, 0) is 36.4 Å². The molecule has 2 aromatic rings. The number of ether oxygens (including phenoxy) is 2. The lowest BCUT2D eigenvalue weighted by Gasteiger charge is -2.12. The number of anilines is 1. The Morgan fingerprint density at radius 2 is 1.82 bits per heavy atom. The molecule has 7 nitrogen and oxygen atoms in total. The van der Waals surface area contributed by atoms with Crippen LogP contribution in [0.15, 0.2) is 36.4 Å². The van der Waals surface area contributed by atoms with E-state index in [1.807, 2.05) is 0 Å². The molecule has 9 heteroatoms. The molecule has 0 aliphatic heterocycles. The maximum atomic E-state index is 13.0. The first kappa shape index (κ1) is 21.2. The first-order chi connectivity index (χ1) is 13.3. The van der Waals surface area contributed by atoms with E-state index in [9.17, 15) is 18.8 Å². The normalized spacial score (nSPS) is 10.1. The van der Waals surface area contributed by atoms with Crippen LogP contribution < -0.4 is 15.4 Å². The molecule has 2 aromatic carbocycles. The Balaban J connectivity index is 1.95. The number of halogens is 2. The molecule has 0 unspecified atom stereocenters. The molecule has 0 heterocycles. The molecule has 2 rings (SSSR count). The summed E-state index contributed by atoms with van der Waals surface area (Å²) < 4.78 is 22.8. The van der Waals surface area contributed by atoms with Crippen molar-refractivity contribution in [2.75, 3.05) is 26.1 Å². The Bertz CT molecular complexity index is 904. The molecule has 28 heavy (non-hydrogen) atoms. The fourth-order valence-corrected chi connectivity index (χ4v) is 2.56. The van der Waals surface area contributed by atoms with Gasteiger partial charge in [0.2, 0.25) is 5.91 Å². The van der Waals surface area contributed by atoms with Crippen LogP contribution >= 0.6 is 11.6 Å². The second-order valence-corrected chi connectivity index (χ2v) is 5.99. The van der Waals surface area contributed by atoms with Crippen LogP contribution in [0.3, 0.4) is 0 Å². The zero-order chi connectivity index (χ0) is 20.7. The van der Waals surface area contributed by atoms with Gasteiger partial charge in [0.05, 0.1) is 36.1 Å². The van der Waals surface area contributed by atoms with Crippen LogP contribution in [0.2, 0.25) is 5.02 Å². The molecule has 0 saturated carbocycles. The lowest BCUT2D eigenvalue weighted by molar-refractivity contribution is -0.116. The van der Waals surface area contributed by atoms with E-state index < -0.39 is 23.6 Å². The van der Waals surface area contributed by atoms with Gasteiger partial charge in [0, 0.05) is 13.0 Å². The number of amides is 2. The van der Waals surface area contributed by atoms with Crippen molar-refractivity contribution in [1.29, 1.82) is 0 Å². The number of carbonyl (C=O) groups excluding carboxylic acids is 3. The maximum absolute atomic E-state index is 13.0. The van der Waals surface area contributed by atoms with Crippen LogP contribution in [0.25, 0.3) is 0 Å². The summed E-state index contributed by atoms with van der Waals surface area (Å²) in [5.74, 6) is -1.71. The van der Waals surface area contributed by atoms with Gasteiger partial charge in [0.1, 0.15) is 11.6 Å². The van der Waals surface area contributed by atoms with Gasteiger partial charge in [-0.25, -0.2) is 9.18 Å². The maximum Gasteiger partial charge on any atom is 0.340 e. The number of benzene rings is 2. The predicted molar refractivity (Wildman–Crippen MR) is 101 cm³/mol. The van der Waals surface area contributed by atoms with E-state index in [0.717, 1.165) is 12.1 Å². The highest BCUT2D eigenvalue weighted by Gasteiger charge is 2.16. The lowest BCUT2D eigenvalue weighted by Crippen LogP contribution is -2.28. The van der Waals surface area contributed by atoms with Gasteiger partial charge in [0.15, 0.2) is 0 Å². The molecule has 0 aliphatic rings. The van der Waals surface area contributed by atoms with Crippen LogP contribution in [-0.4, -0.2) is 38.5 Å². The molecule has 0 bridgehead atoms. The standard InChI is InChI=1S/C19H18ClFN2O5/c1-27-12-4-6-16(14(10-12)19(26)28-2)23-17(24)7-8-22-18(25)13-5-3-11(21)9-15(13)20/h3-6,9-10H,7-8H2,1-2H3,(H,22,25)(H,23,24). The summed E-state index contributed by atoms with van der Waals surface area (Å²) in [6.45, 7) is 0.0160. The summed E-state index contributed by atoms with van der Waals surface area (Å²) in [5, 5.41) is 5.09. The molecule has 0 fully saturated rings. The molecule has 0 aliphatic carbocycles. The van der Waals surface area contributed by atoms with E-state index in [0.29, 0.717) is 5.75 Å². The van der Waals surface area contributed by atoms with Gasteiger partial charge < -0.3 is 20.1 Å². The van der Waals surface area contributed by atoms with Gasteiger partial charge >= 0.3 is 5.97 Å². The van der Waals surface area contributed by atoms with Crippen LogP contribution in [0.1, 0.15) is 27.1 Å². The van der Waals surface area contributed by atoms with Crippen molar-refractivity contribution in [1.82, 2.24) is 5.32 Å². The topological polar surface area (TPSA) is 93.7 Å². The van der Waals surface area contributed by atoms with E-state index in [1.54, 1.807) is 6.07 Å². The van der Waals surface area contributed by atoms with Crippen molar-refractivity contribution in [2.24, 2.45) is 0 Å². The average Bonchev–Trinajstić information content (AvgIpc) is 2.67. The summed E-state index contributed by atoms with van der Waals surface area (Å²) in [7, 11) is 2.67. The minimum Gasteiger partial charge on any atom is -0.497 e. The van der Waals surface area contributed by atoms with Crippen molar-refractivity contribution in [2.45, 2.75) is 6.42 Å². The first-order valence-corrected chi connectivity index (χ1v) is 8.53. The van der Waals surface area contributed by atoms with Crippen molar-refractivity contribution in [3.8, 4) is 5.75 Å². The highest BCUT2D eigenvalue weighted by atomic mass is 35.5. The van der Waals surface area contributed by atoms with Crippen LogP contribution in [0.5, 0.6) is 5.75 Å². The fraction of sp³-hybridized carbons (Fsp3) is 0.211. The second kappa shape index (κ2) is 9.70. The fourth-order valence-electron chi connectivity index (χ4n) is 2.31. The number of esters is 1. The van der Waals surface area contributed by atoms with E-state index in [-0.39, 0.29) is 34.8 Å². The number of nitrogens with one attached hydrogen (secondary N) is 2. The first-order valence-electron chi connectivity index (χ1n) is 8.15. The monoisotopic (exact) mass is 408 g/mol. The van der Waals surface area contributed by atoms with Gasteiger partial charge in [-0.15, -0.1) is 0 Å². The smallest absolute Gasteiger partial charge is 0.340 e. The number of hydrogen-bond donors (Lipinski definition) is 2. The quantitative estimate of drug-likeness (QED) is 0.687. The minimum atomic E-state index is -0.631. The molecule has 2 N–H and O–H groups in total. The molecule has 0 radical (unpaired) electrons. The summed E-state index contributed by atoms with van der Waals surface area (Å²) in [6, 6.07) is 7.94. The lowest BCUT2D eigenvalue weighted by atomic mass is 10.1. The van der Waals surface area contributed by atoms with E-state index in [2.05, 4.69) is 10.6 Å². The Morgan fingerprint density at radius 3 is 2.46 bits per heavy atom. The summed E-state index contributed by atoms with van der Waals surface area (Å²) in [6.07, 6.45) is -0.0583. The molecular weight excluding hydrogens is 391 g/mol. The van der Waals surface area contributed by atoms with E-state index in [1.165, 1.54) is 32.4 Å². The van der Waals surface area contributed by atoms with Gasteiger partial charge in [-0.2, -0.15) is 0 Å². The van der Waals surface area contributed by atoms with Crippen LogP contribution in [0, 0.1) is 5.82 Å². The Kier molecular flexibility index (Phi) is 7.34. The molecule has 2 amide bonds. The average molecular weight is 409 g/mol. The third kappa shape index (κ3) is 5.43. The number of methoxy groups -OCH3 is 2. The minimum absolute atomic E-state index is 0.0160. The van der Waals surface area contributed by atoms with Crippen molar-refractivity contribution in [3.05, 3.63) is 58.4 Å². The highest BCUT2D eigenvalue weighted by molar-refractivity contribution is 6.33. The third-order valence-corrected chi connectivity index (χ3v) is 4.03.